The van der Waals surface area contributed by atoms with Crippen molar-refractivity contribution in [3.63, 3.8) is 0 Å². The number of carbonyl (C=O) groups excluding carboxylic acids is 1. The van der Waals surface area contributed by atoms with Gasteiger partial charge in [-0.1, -0.05) is 6.92 Å². The van der Waals surface area contributed by atoms with Crippen molar-refractivity contribution in [1.82, 2.24) is 15.5 Å². The predicted octanol–water partition coefficient (Wildman–Crippen LogP) is 1.96. The van der Waals surface area contributed by atoms with E-state index in [1.165, 1.54) is 0 Å². The number of hydrogen-bond acceptors (Lipinski definition) is 3. The summed E-state index contributed by atoms with van der Waals surface area (Å²) in [6.45, 7) is 9.97. The molecule has 1 aliphatic rings. The first-order chi connectivity index (χ1) is 9.87. The van der Waals surface area contributed by atoms with Crippen LogP contribution in [0.3, 0.4) is 0 Å². The van der Waals surface area contributed by atoms with E-state index in [4.69, 9.17) is 4.74 Å². The Kier molecular flexibility index (Phi) is 6.78. The second-order valence-electron chi connectivity index (χ2n) is 6.33. The largest absolute Gasteiger partial charge is 0.444 e. The summed E-state index contributed by atoms with van der Waals surface area (Å²) in [5.74, 6) is 0.775. The van der Waals surface area contributed by atoms with Gasteiger partial charge in [0, 0.05) is 32.7 Å². The van der Waals surface area contributed by atoms with Gasteiger partial charge >= 0.3 is 6.09 Å². The molecule has 0 aromatic carbocycles. The van der Waals surface area contributed by atoms with Gasteiger partial charge < -0.3 is 20.3 Å². The molecule has 1 aliphatic carbocycles. The zero-order valence-corrected chi connectivity index (χ0v) is 14.0. The Balaban J connectivity index is 2.40. The van der Waals surface area contributed by atoms with Crippen molar-refractivity contribution in [2.45, 2.75) is 58.6 Å². The second kappa shape index (κ2) is 8.10. The molecule has 0 saturated heterocycles. The van der Waals surface area contributed by atoms with Crippen molar-refractivity contribution in [2.24, 2.45) is 4.99 Å². The Hall–Kier alpha value is -1.46. The van der Waals surface area contributed by atoms with Gasteiger partial charge in [0.1, 0.15) is 5.60 Å². The van der Waals surface area contributed by atoms with E-state index in [0.717, 1.165) is 31.8 Å². The topological polar surface area (TPSA) is 66.0 Å². The smallest absolute Gasteiger partial charge is 0.410 e. The molecule has 2 N–H and O–H groups in total. The van der Waals surface area contributed by atoms with E-state index in [0.29, 0.717) is 19.1 Å². The molecule has 0 aromatic rings. The van der Waals surface area contributed by atoms with Gasteiger partial charge in [0.15, 0.2) is 5.96 Å². The summed E-state index contributed by atoms with van der Waals surface area (Å²) in [4.78, 5) is 18.2. The lowest BCUT2D eigenvalue weighted by atomic mass is 10.2. The van der Waals surface area contributed by atoms with E-state index in [2.05, 4.69) is 22.5 Å². The molecular formula is C15H30N4O2. The molecule has 0 unspecified atom stereocenters. The molecule has 0 radical (unpaired) electrons. The first-order valence-electron chi connectivity index (χ1n) is 7.81. The number of carbonyl (C=O) groups is 1. The number of rotatable bonds is 6. The van der Waals surface area contributed by atoms with Crippen LogP contribution in [0.25, 0.3) is 0 Å². The maximum Gasteiger partial charge on any atom is 0.410 e. The molecule has 0 bridgehead atoms. The van der Waals surface area contributed by atoms with Gasteiger partial charge in [-0.3, -0.25) is 4.99 Å². The number of guanidine groups is 1. The van der Waals surface area contributed by atoms with E-state index in [9.17, 15) is 4.79 Å². The average Bonchev–Trinajstić information content (AvgIpc) is 3.20. The first kappa shape index (κ1) is 17.6. The Morgan fingerprint density at radius 1 is 1.29 bits per heavy atom. The van der Waals surface area contributed by atoms with Crippen LogP contribution in [0.2, 0.25) is 0 Å². The van der Waals surface area contributed by atoms with E-state index in [1.54, 1.807) is 7.05 Å². The minimum Gasteiger partial charge on any atom is -0.444 e. The minimum atomic E-state index is -0.448. The molecule has 0 heterocycles. The highest BCUT2D eigenvalue weighted by atomic mass is 16.6. The molecule has 1 fully saturated rings. The number of nitrogens with one attached hydrogen (secondary N) is 2. The normalized spacial score (nSPS) is 15.6. The van der Waals surface area contributed by atoms with Gasteiger partial charge in [0.05, 0.1) is 0 Å². The SMILES string of the molecule is CCCNC(=NC)NCCN(C(=O)OC(C)(C)C)C1CC1. The van der Waals surface area contributed by atoms with E-state index in [-0.39, 0.29) is 6.09 Å². The van der Waals surface area contributed by atoms with Crippen LogP contribution < -0.4 is 10.6 Å². The lowest BCUT2D eigenvalue weighted by Crippen LogP contribution is -2.45. The van der Waals surface area contributed by atoms with Crippen LogP contribution in [0.4, 0.5) is 4.79 Å². The molecular weight excluding hydrogens is 268 g/mol. The second-order valence-corrected chi connectivity index (χ2v) is 6.33. The van der Waals surface area contributed by atoms with Gasteiger partial charge in [-0.25, -0.2) is 4.79 Å². The number of aliphatic imine (C=N–C) groups is 1. The summed E-state index contributed by atoms with van der Waals surface area (Å²) in [5.41, 5.74) is -0.448. The van der Waals surface area contributed by atoms with Crippen LogP contribution in [0.5, 0.6) is 0 Å². The van der Waals surface area contributed by atoms with E-state index in [1.807, 2.05) is 25.7 Å². The number of amides is 1. The minimum absolute atomic E-state index is 0.219. The predicted molar refractivity (Wildman–Crippen MR) is 85.6 cm³/mol. The summed E-state index contributed by atoms with van der Waals surface area (Å²) in [6, 6.07) is 0.340. The average molecular weight is 298 g/mol. The fraction of sp³-hybridized carbons (Fsp3) is 0.867. The third kappa shape index (κ3) is 7.20. The molecule has 6 heteroatoms. The van der Waals surface area contributed by atoms with Crippen molar-refractivity contribution in [2.75, 3.05) is 26.7 Å². The molecule has 6 nitrogen and oxygen atoms in total. The zero-order valence-electron chi connectivity index (χ0n) is 14.0. The maximum absolute atomic E-state index is 12.2. The molecule has 1 rings (SSSR count). The Morgan fingerprint density at radius 3 is 2.38 bits per heavy atom. The molecule has 0 spiro atoms. The van der Waals surface area contributed by atoms with Crippen molar-refractivity contribution in [1.29, 1.82) is 0 Å². The van der Waals surface area contributed by atoms with Crippen LogP contribution in [-0.4, -0.2) is 55.3 Å². The third-order valence-electron chi connectivity index (χ3n) is 3.03. The lowest BCUT2D eigenvalue weighted by Gasteiger charge is -2.27. The molecule has 0 aliphatic heterocycles. The molecule has 122 valence electrons. The highest BCUT2D eigenvalue weighted by molar-refractivity contribution is 5.79. The van der Waals surface area contributed by atoms with E-state index < -0.39 is 5.60 Å². The van der Waals surface area contributed by atoms with Crippen molar-refractivity contribution in [3.05, 3.63) is 0 Å². The van der Waals surface area contributed by atoms with Gasteiger partial charge in [-0.2, -0.15) is 0 Å². The van der Waals surface area contributed by atoms with Crippen LogP contribution in [0.15, 0.2) is 4.99 Å². The van der Waals surface area contributed by atoms with Crippen LogP contribution in [0, 0.1) is 0 Å². The summed E-state index contributed by atoms with van der Waals surface area (Å²) >= 11 is 0. The van der Waals surface area contributed by atoms with Gasteiger partial charge in [-0.15, -0.1) is 0 Å². The number of nitrogens with zero attached hydrogens (tertiary/aromatic N) is 2. The van der Waals surface area contributed by atoms with Crippen LogP contribution >= 0.6 is 0 Å². The van der Waals surface area contributed by atoms with Gasteiger partial charge in [0.2, 0.25) is 0 Å². The van der Waals surface area contributed by atoms with Crippen molar-refractivity contribution < 1.29 is 9.53 Å². The summed E-state index contributed by atoms with van der Waals surface area (Å²) < 4.78 is 5.46. The quantitative estimate of drug-likeness (QED) is 0.581. The lowest BCUT2D eigenvalue weighted by molar-refractivity contribution is 0.0238. The monoisotopic (exact) mass is 298 g/mol. The zero-order chi connectivity index (χ0) is 15.9. The Bertz CT molecular complexity index is 359. The van der Waals surface area contributed by atoms with Crippen molar-refractivity contribution >= 4 is 12.1 Å². The molecule has 1 amide bonds. The highest BCUT2D eigenvalue weighted by Crippen LogP contribution is 2.27. The highest BCUT2D eigenvalue weighted by Gasteiger charge is 2.34. The summed E-state index contributed by atoms with van der Waals surface area (Å²) in [6.07, 6.45) is 2.97. The number of hydrogen-bond donors (Lipinski definition) is 2. The Morgan fingerprint density at radius 2 is 1.90 bits per heavy atom. The molecule has 0 atom stereocenters. The number of ether oxygens (including phenoxy) is 1. The van der Waals surface area contributed by atoms with Crippen LogP contribution in [-0.2, 0) is 4.74 Å². The molecule has 0 aromatic heterocycles. The third-order valence-corrected chi connectivity index (χ3v) is 3.03. The van der Waals surface area contributed by atoms with Crippen LogP contribution in [0.1, 0.15) is 47.0 Å². The fourth-order valence-electron chi connectivity index (χ4n) is 1.89. The van der Waals surface area contributed by atoms with Gasteiger partial charge in [0.25, 0.3) is 0 Å². The fourth-order valence-corrected chi connectivity index (χ4v) is 1.89. The van der Waals surface area contributed by atoms with Gasteiger partial charge in [-0.05, 0) is 40.0 Å². The first-order valence-corrected chi connectivity index (χ1v) is 7.81. The van der Waals surface area contributed by atoms with E-state index >= 15 is 0 Å². The van der Waals surface area contributed by atoms with Crippen molar-refractivity contribution in [3.8, 4) is 0 Å². The maximum atomic E-state index is 12.2. The Labute approximate surface area is 128 Å². The molecule has 21 heavy (non-hydrogen) atoms. The summed E-state index contributed by atoms with van der Waals surface area (Å²) in [5, 5.41) is 6.43. The standard InChI is InChI=1S/C15H30N4O2/c1-6-9-17-13(16-5)18-10-11-19(12-7-8-12)14(20)21-15(2,3)4/h12H,6-11H2,1-5H3,(H2,16,17,18). The molecule has 1 saturated carbocycles. The summed E-state index contributed by atoms with van der Waals surface area (Å²) in [7, 11) is 1.75.